The van der Waals surface area contributed by atoms with E-state index in [9.17, 15) is 9.59 Å². The van der Waals surface area contributed by atoms with Crippen LogP contribution in [0.5, 0.6) is 0 Å². The average molecular weight is 669 g/mol. The summed E-state index contributed by atoms with van der Waals surface area (Å²) in [7, 11) is 1.58. The number of tetrazole rings is 1. The van der Waals surface area contributed by atoms with Gasteiger partial charge < -0.3 is 24.1 Å². The van der Waals surface area contributed by atoms with E-state index in [1.165, 1.54) is 11.0 Å². The Kier molecular flexibility index (Phi) is 9.31. The van der Waals surface area contributed by atoms with E-state index in [-0.39, 0.29) is 24.8 Å². The average Bonchev–Trinajstić information content (AvgIpc) is 3.78. The van der Waals surface area contributed by atoms with E-state index < -0.39 is 17.1 Å². The Morgan fingerprint density at radius 1 is 1.15 bits per heavy atom. The smallest absolute Gasteiger partial charge is 0.412 e. The Morgan fingerprint density at radius 2 is 2.00 bits per heavy atom. The Labute approximate surface area is 273 Å². The Balaban J connectivity index is 1.17. The molecule has 0 aliphatic carbocycles. The second kappa shape index (κ2) is 13.5. The van der Waals surface area contributed by atoms with E-state index in [1.807, 2.05) is 19.1 Å². The number of aryl methyl sites for hydroxylation is 1. The van der Waals surface area contributed by atoms with E-state index in [1.54, 1.807) is 48.2 Å². The molecular weight excluding hydrogens is 637 g/mol. The van der Waals surface area contributed by atoms with E-state index in [0.29, 0.717) is 54.0 Å². The molecule has 46 heavy (non-hydrogen) atoms. The molecule has 1 amide bonds. The van der Waals surface area contributed by atoms with Crippen molar-refractivity contribution in [3.63, 3.8) is 0 Å². The second-order valence-corrected chi connectivity index (χ2v) is 12.1. The van der Waals surface area contributed by atoms with Crippen molar-refractivity contribution >= 4 is 40.9 Å². The van der Waals surface area contributed by atoms with Gasteiger partial charge in [0, 0.05) is 35.7 Å². The molecule has 0 saturated heterocycles. The molecule has 5 heterocycles. The monoisotopic (exact) mass is 667 g/mol. The number of aliphatic imine (C=N–C) groups is 1. The fourth-order valence-electron chi connectivity index (χ4n) is 5.61. The number of anilines is 1. The number of carbonyl (C=O) groups excluding carboxylic acids is 1. The molecule has 2 N–H and O–H groups in total. The SMILES string of the molecule is COCCOCCOC(=O)Nc1ccc(C2N=C([C@@H]3CCc4cc(-c5cc(Cl)ccc5-n5cnnn5)cc(=O)n43)NC2(C)Cl)cn1. The molecule has 0 saturated carbocycles. The number of nitrogens with one attached hydrogen (secondary N) is 2. The van der Waals surface area contributed by atoms with Crippen molar-refractivity contribution in [3.05, 3.63) is 81.6 Å². The van der Waals surface area contributed by atoms with Crippen molar-refractivity contribution in [2.75, 3.05) is 38.9 Å². The Hall–Kier alpha value is -4.37. The predicted octanol–water partition coefficient (Wildman–Crippen LogP) is 3.94. The molecule has 2 aliphatic heterocycles. The van der Waals surface area contributed by atoms with Crippen molar-refractivity contribution in [1.29, 1.82) is 0 Å². The van der Waals surface area contributed by atoms with Gasteiger partial charge in [0.25, 0.3) is 5.56 Å². The number of hydrogen-bond acceptors (Lipinski definition) is 11. The van der Waals surface area contributed by atoms with Crippen molar-refractivity contribution in [3.8, 4) is 16.8 Å². The van der Waals surface area contributed by atoms with Gasteiger partial charge in [0.05, 0.1) is 31.5 Å². The van der Waals surface area contributed by atoms with E-state index in [4.69, 9.17) is 42.4 Å². The maximum Gasteiger partial charge on any atom is 0.412 e. The highest BCUT2D eigenvalue weighted by Crippen LogP contribution is 2.40. The molecule has 14 nitrogen and oxygen atoms in total. The number of aromatic nitrogens is 6. The zero-order valence-electron chi connectivity index (χ0n) is 25.0. The lowest BCUT2D eigenvalue weighted by Gasteiger charge is -2.25. The molecule has 1 aromatic carbocycles. The van der Waals surface area contributed by atoms with Crippen LogP contribution in [0.2, 0.25) is 5.02 Å². The van der Waals surface area contributed by atoms with Gasteiger partial charge in [-0.25, -0.2) is 9.78 Å². The van der Waals surface area contributed by atoms with Crippen molar-refractivity contribution in [1.82, 2.24) is 35.1 Å². The number of nitrogens with zero attached hydrogens (tertiary/aromatic N) is 7. The molecular formula is C30H31Cl2N9O5. The zero-order chi connectivity index (χ0) is 32.3. The summed E-state index contributed by atoms with van der Waals surface area (Å²) in [5.74, 6) is 0.933. The number of amidine groups is 1. The first-order chi connectivity index (χ1) is 22.2. The maximum atomic E-state index is 13.6. The van der Waals surface area contributed by atoms with Gasteiger partial charge in [-0.3, -0.25) is 15.1 Å². The topological polar surface area (TPSA) is 160 Å². The lowest BCUT2D eigenvalue weighted by atomic mass is 10.0. The van der Waals surface area contributed by atoms with E-state index >= 15 is 0 Å². The fourth-order valence-corrected chi connectivity index (χ4v) is 6.05. The van der Waals surface area contributed by atoms with Gasteiger partial charge in [-0.15, -0.1) is 5.10 Å². The first-order valence-corrected chi connectivity index (χ1v) is 15.3. The van der Waals surface area contributed by atoms with Gasteiger partial charge in [-0.05, 0) is 71.7 Å². The lowest BCUT2D eigenvalue weighted by molar-refractivity contribution is 0.0447. The summed E-state index contributed by atoms with van der Waals surface area (Å²) in [5.41, 5.74) is 3.58. The number of pyridine rings is 2. The van der Waals surface area contributed by atoms with Crippen LogP contribution in [-0.2, 0) is 20.6 Å². The molecule has 3 aromatic heterocycles. The molecule has 240 valence electrons. The van der Waals surface area contributed by atoms with E-state index in [0.717, 1.165) is 16.8 Å². The third-order valence-corrected chi connectivity index (χ3v) is 8.23. The molecule has 0 spiro atoms. The van der Waals surface area contributed by atoms with Crippen LogP contribution in [0.4, 0.5) is 10.6 Å². The summed E-state index contributed by atoms with van der Waals surface area (Å²) in [6, 6.07) is 11.6. The number of alkyl halides is 1. The molecule has 2 unspecified atom stereocenters. The number of ether oxygens (including phenoxy) is 3. The minimum absolute atomic E-state index is 0.0977. The minimum atomic E-state index is -0.971. The first kappa shape index (κ1) is 31.6. The third-order valence-electron chi connectivity index (χ3n) is 7.69. The van der Waals surface area contributed by atoms with Gasteiger partial charge in [0.2, 0.25) is 0 Å². The number of carbonyl (C=O) groups is 1. The number of fused-ring (bicyclic) bond motifs is 1. The van der Waals surface area contributed by atoms with Crippen molar-refractivity contribution < 1.29 is 19.0 Å². The number of halogens is 2. The van der Waals surface area contributed by atoms with Crippen LogP contribution in [0.3, 0.4) is 0 Å². The summed E-state index contributed by atoms with van der Waals surface area (Å²) in [5, 5.41) is 17.9. The van der Waals surface area contributed by atoms with Crippen LogP contribution in [0, 0.1) is 0 Å². The quantitative estimate of drug-likeness (QED) is 0.136. The highest BCUT2D eigenvalue weighted by molar-refractivity contribution is 6.31. The first-order valence-electron chi connectivity index (χ1n) is 14.5. The normalized spacial score (nSPS) is 20.2. The van der Waals surface area contributed by atoms with Crippen molar-refractivity contribution in [2.45, 2.75) is 36.8 Å². The molecule has 4 aromatic rings. The highest BCUT2D eigenvalue weighted by Gasteiger charge is 2.43. The van der Waals surface area contributed by atoms with Crippen LogP contribution < -0.4 is 16.2 Å². The van der Waals surface area contributed by atoms with Crippen molar-refractivity contribution in [2.24, 2.45) is 4.99 Å². The molecule has 0 bridgehead atoms. The van der Waals surface area contributed by atoms with Crippen LogP contribution in [0.1, 0.15) is 36.7 Å². The molecule has 3 atom stereocenters. The Morgan fingerprint density at radius 3 is 2.76 bits per heavy atom. The summed E-state index contributed by atoms with van der Waals surface area (Å²) in [6.45, 7) is 3.07. The molecule has 2 aliphatic rings. The van der Waals surface area contributed by atoms with Crippen LogP contribution >= 0.6 is 23.2 Å². The standard InChI is InChI=1S/C30H31Cl2N9O5/c1-30(32)27(18-3-8-25(33-16-18)35-29(43)46-12-11-45-10-9-44-2)36-28(37-30)24-7-5-21-13-19(14-26(42)41(21)24)22-15-20(31)4-6-23(22)40-17-34-38-39-40/h3-4,6,8,13-17,24,27H,5,7,9-12H2,1-2H3,(H,36,37)(H,33,35,43)/t24-,27?,30?/m0/s1. The third kappa shape index (κ3) is 6.75. The minimum Gasteiger partial charge on any atom is -0.447 e. The molecule has 6 rings (SSSR count). The summed E-state index contributed by atoms with van der Waals surface area (Å²) in [6.07, 6.45) is 3.79. The van der Waals surface area contributed by atoms with Gasteiger partial charge in [-0.1, -0.05) is 29.3 Å². The van der Waals surface area contributed by atoms with Crippen LogP contribution in [-0.4, -0.2) is 80.2 Å². The van der Waals surface area contributed by atoms with E-state index in [2.05, 4.69) is 31.1 Å². The van der Waals surface area contributed by atoms with Gasteiger partial charge >= 0.3 is 6.09 Å². The van der Waals surface area contributed by atoms with Gasteiger partial charge in [0.15, 0.2) is 0 Å². The maximum absolute atomic E-state index is 13.6. The summed E-state index contributed by atoms with van der Waals surface area (Å²) < 4.78 is 18.6. The summed E-state index contributed by atoms with van der Waals surface area (Å²) in [4.78, 5) is 34.0. The molecule has 0 radical (unpaired) electrons. The molecule has 16 heteroatoms. The molecule has 0 fully saturated rings. The number of rotatable bonds is 11. The highest BCUT2D eigenvalue weighted by atomic mass is 35.5. The predicted molar refractivity (Wildman–Crippen MR) is 171 cm³/mol. The lowest BCUT2D eigenvalue weighted by Crippen LogP contribution is -2.42. The van der Waals surface area contributed by atoms with Crippen LogP contribution in [0.25, 0.3) is 16.8 Å². The number of benzene rings is 1. The largest absolute Gasteiger partial charge is 0.447 e. The van der Waals surface area contributed by atoms with Crippen LogP contribution in [0.15, 0.2) is 64.8 Å². The number of methoxy groups -OCH3 is 1. The number of amides is 1. The number of hydrogen-bond donors (Lipinski definition) is 2. The van der Waals surface area contributed by atoms with Gasteiger partial charge in [-0.2, -0.15) is 4.68 Å². The zero-order valence-corrected chi connectivity index (χ0v) is 26.5. The second-order valence-electron chi connectivity index (χ2n) is 10.9. The summed E-state index contributed by atoms with van der Waals surface area (Å²) >= 11 is 13.3. The fraction of sp³-hybridized carbons (Fsp3) is 0.367. The van der Waals surface area contributed by atoms with Gasteiger partial charge in [0.1, 0.15) is 35.6 Å². The Bertz CT molecular complexity index is 1800.